The normalized spacial score (nSPS) is 11.4. The number of rotatable bonds is 5. The predicted molar refractivity (Wildman–Crippen MR) is 102 cm³/mol. The first-order valence-electron chi connectivity index (χ1n) is 8.34. The first-order valence-corrected chi connectivity index (χ1v) is 8.34. The van der Waals surface area contributed by atoms with E-state index in [-0.39, 0.29) is 5.69 Å². The molecule has 0 amide bonds. The summed E-state index contributed by atoms with van der Waals surface area (Å²) in [6, 6.07) is 25.2. The number of benzene rings is 3. The van der Waals surface area contributed by atoms with E-state index in [4.69, 9.17) is 4.52 Å². The fourth-order valence-electron chi connectivity index (χ4n) is 2.53. The number of hydrazone groups is 1. The molecule has 6 heteroatoms. The van der Waals surface area contributed by atoms with E-state index in [1.807, 2.05) is 60.7 Å². The Bertz CT molecular complexity index is 1060. The summed E-state index contributed by atoms with van der Waals surface area (Å²) in [5.41, 5.74) is 5.05. The minimum atomic E-state index is -0.397. The van der Waals surface area contributed by atoms with Crippen LogP contribution in [0.2, 0.25) is 0 Å². The summed E-state index contributed by atoms with van der Waals surface area (Å²) < 4.78 is 19.3. The second-order valence-electron chi connectivity index (χ2n) is 5.71. The largest absolute Gasteiger partial charge is 0.334 e. The molecule has 4 aromatic rings. The minimum absolute atomic E-state index is 0.262. The molecule has 0 aliphatic carbocycles. The van der Waals surface area contributed by atoms with E-state index >= 15 is 0 Å². The topological polar surface area (TPSA) is 63.3 Å². The number of anilines is 1. The lowest BCUT2D eigenvalue weighted by Crippen LogP contribution is -2.09. The zero-order valence-corrected chi connectivity index (χ0v) is 14.2. The minimum Gasteiger partial charge on any atom is -0.334 e. The van der Waals surface area contributed by atoms with Crippen molar-refractivity contribution in [3.05, 3.63) is 102 Å². The third-order valence-electron chi connectivity index (χ3n) is 3.87. The van der Waals surface area contributed by atoms with Gasteiger partial charge in [0.1, 0.15) is 11.5 Å². The van der Waals surface area contributed by atoms with Gasteiger partial charge >= 0.3 is 0 Å². The van der Waals surface area contributed by atoms with Gasteiger partial charge in [-0.3, -0.25) is 5.43 Å². The van der Waals surface area contributed by atoms with E-state index in [9.17, 15) is 4.39 Å². The van der Waals surface area contributed by atoms with Crippen molar-refractivity contribution < 1.29 is 8.91 Å². The number of halogens is 1. The molecule has 4 rings (SSSR count). The number of hydrogen-bond donors (Lipinski definition) is 1. The van der Waals surface area contributed by atoms with E-state index in [0.717, 1.165) is 11.1 Å². The lowest BCUT2D eigenvalue weighted by Gasteiger charge is -2.05. The molecule has 0 fully saturated rings. The highest BCUT2D eigenvalue weighted by Gasteiger charge is 2.16. The van der Waals surface area contributed by atoms with Crippen molar-refractivity contribution in [1.82, 2.24) is 10.1 Å². The SMILES string of the molecule is Fc1ccccc1N/N=C(\c1ccccc1)c1noc(-c2ccccc2)n1. The van der Waals surface area contributed by atoms with Crippen LogP contribution < -0.4 is 5.43 Å². The van der Waals surface area contributed by atoms with Crippen LogP contribution >= 0.6 is 0 Å². The Hall–Kier alpha value is -3.80. The van der Waals surface area contributed by atoms with Gasteiger partial charge in [0, 0.05) is 11.1 Å². The molecule has 27 heavy (non-hydrogen) atoms. The van der Waals surface area contributed by atoms with Crippen molar-refractivity contribution in [2.24, 2.45) is 5.10 Å². The van der Waals surface area contributed by atoms with Crippen molar-refractivity contribution >= 4 is 11.4 Å². The van der Waals surface area contributed by atoms with Crippen LogP contribution in [-0.2, 0) is 0 Å². The fourth-order valence-corrected chi connectivity index (χ4v) is 2.53. The van der Waals surface area contributed by atoms with Crippen LogP contribution in [0.1, 0.15) is 11.4 Å². The monoisotopic (exact) mass is 358 g/mol. The number of nitrogens with zero attached hydrogens (tertiary/aromatic N) is 3. The molecule has 132 valence electrons. The lowest BCUT2D eigenvalue weighted by molar-refractivity contribution is 0.429. The van der Waals surface area contributed by atoms with Crippen LogP contribution in [0.5, 0.6) is 0 Å². The molecule has 0 spiro atoms. The van der Waals surface area contributed by atoms with Crippen LogP contribution in [0, 0.1) is 5.82 Å². The Morgan fingerprint density at radius 2 is 1.52 bits per heavy atom. The van der Waals surface area contributed by atoms with Gasteiger partial charge in [0.25, 0.3) is 5.89 Å². The smallest absolute Gasteiger partial charge is 0.258 e. The molecule has 0 aliphatic heterocycles. The fraction of sp³-hybridized carbons (Fsp3) is 0. The Balaban J connectivity index is 1.72. The first-order chi connectivity index (χ1) is 13.3. The number of aromatic nitrogens is 2. The molecule has 1 aromatic heterocycles. The number of hydrogen-bond acceptors (Lipinski definition) is 5. The molecular weight excluding hydrogens is 343 g/mol. The Morgan fingerprint density at radius 1 is 0.852 bits per heavy atom. The molecule has 0 radical (unpaired) electrons. The van der Waals surface area contributed by atoms with E-state index < -0.39 is 5.82 Å². The molecule has 0 atom stereocenters. The molecule has 0 unspecified atom stereocenters. The Kier molecular flexibility index (Phi) is 4.70. The summed E-state index contributed by atoms with van der Waals surface area (Å²) in [4.78, 5) is 4.45. The molecule has 0 aliphatic rings. The lowest BCUT2D eigenvalue weighted by atomic mass is 10.1. The summed E-state index contributed by atoms with van der Waals surface area (Å²) >= 11 is 0. The first kappa shape index (κ1) is 16.7. The van der Waals surface area contributed by atoms with Gasteiger partial charge in [-0.25, -0.2) is 4.39 Å². The van der Waals surface area contributed by atoms with Crippen LogP contribution in [-0.4, -0.2) is 15.9 Å². The average molecular weight is 358 g/mol. The number of nitrogens with one attached hydrogen (secondary N) is 1. The molecule has 0 saturated heterocycles. The highest BCUT2D eigenvalue weighted by molar-refractivity contribution is 6.10. The maximum atomic E-state index is 13.9. The standard InChI is InChI=1S/C21H15FN4O/c22-17-13-7-8-14-18(17)24-25-19(15-9-3-1-4-10-15)20-23-21(27-26-20)16-11-5-2-6-12-16/h1-14,24H/b25-19+. The quantitative estimate of drug-likeness (QED) is 0.413. The molecule has 0 bridgehead atoms. The molecule has 3 aromatic carbocycles. The van der Waals surface area contributed by atoms with Gasteiger partial charge in [0.2, 0.25) is 5.82 Å². The van der Waals surface area contributed by atoms with E-state index in [0.29, 0.717) is 17.4 Å². The van der Waals surface area contributed by atoms with Crippen LogP contribution in [0.15, 0.2) is 94.6 Å². The van der Waals surface area contributed by atoms with Gasteiger partial charge in [-0.2, -0.15) is 10.1 Å². The zero-order chi connectivity index (χ0) is 18.5. The van der Waals surface area contributed by atoms with Gasteiger partial charge in [-0.05, 0) is 24.3 Å². The van der Waals surface area contributed by atoms with E-state index in [1.54, 1.807) is 18.2 Å². The second-order valence-corrected chi connectivity index (χ2v) is 5.71. The van der Waals surface area contributed by atoms with Crippen molar-refractivity contribution in [2.45, 2.75) is 0 Å². The third-order valence-corrected chi connectivity index (χ3v) is 3.87. The third kappa shape index (κ3) is 3.74. The predicted octanol–water partition coefficient (Wildman–Crippen LogP) is 4.74. The Morgan fingerprint density at radius 3 is 2.26 bits per heavy atom. The maximum Gasteiger partial charge on any atom is 0.258 e. The molecule has 5 nitrogen and oxygen atoms in total. The highest BCUT2D eigenvalue weighted by atomic mass is 19.1. The highest BCUT2D eigenvalue weighted by Crippen LogP contribution is 2.19. The van der Waals surface area contributed by atoms with Crippen LogP contribution in [0.25, 0.3) is 11.5 Å². The van der Waals surface area contributed by atoms with E-state index in [1.165, 1.54) is 6.07 Å². The summed E-state index contributed by atoms with van der Waals surface area (Å²) in [5, 5.41) is 8.40. The summed E-state index contributed by atoms with van der Waals surface area (Å²) in [6.45, 7) is 0. The van der Waals surface area contributed by atoms with Gasteiger partial charge in [0.05, 0.1) is 5.69 Å². The second kappa shape index (κ2) is 7.61. The van der Waals surface area contributed by atoms with Gasteiger partial charge in [0.15, 0.2) is 0 Å². The molecule has 1 N–H and O–H groups in total. The van der Waals surface area contributed by atoms with Crippen LogP contribution in [0.3, 0.4) is 0 Å². The number of para-hydroxylation sites is 1. The average Bonchev–Trinajstić information content (AvgIpc) is 3.21. The van der Waals surface area contributed by atoms with Crippen molar-refractivity contribution in [3.63, 3.8) is 0 Å². The van der Waals surface area contributed by atoms with Crippen molar-refractivity contribution in [1.29, 1.82) is 0 Å². The van der Waals surface area contributed by atoms with Crippen molar-refractivity contribution in [2.75, 3.05) is 5.43 Å². The van der Waals surface area contributed by atoms with Gasteiger partial charge < -0.3 is 4.52 Å². The summed E-state index contributed by atoms with van der Waals surface area (Å²) in [6.07, 6.45) is 0. The van der Waals surface area contributed by atoms with Gasteiger partial charge in [-0.15, -0.1) is 0 Å². The maximum absolute atomic E-state index is 13.9. The van der Waals surface area contributed by atoms with Gasteiger partial charge in [-0.1, -0.05) is 65.8 Å². The van der Waals surface area contributed by atoms with E-state index in [2.05, 4.69) is 20.7 Å². The molecule has 0 saturated carbocycles. The summed E-state index contributed by atoms with van der Waals surface area (Å²) in [5.74, 6) is 0.302. The molecule has 1 heterocycles. The Labute approximate surface area is 155 Å². The zero-order valence-electron chi connectivity index (χ0n) is 14.2. The molecular formula is C21H15FN4O. The van der Waals surface area contributed by atoms with Crippen LogP contribution in [0.4, 0.5) is 10.1 Å². The summed E-state index contributed by atoms with van der Waals surface area (Å²) in [7, 11) is 0. The van der Waals surface area contributed by atoms with Crippen molar-refractivity contribution in [3.8, 4) is 11.5 Å².